The van der Waals surface area contributed by atoms with Crippen molar-refractivity contribution in [2.45, 2.75) is 19.4 Å². The lowest BCUT2D eigenvalue weighted by Crippen LogP contribution is -2.45. The van der Waals surface area contributed by atoms with Gasteiger partial charge in [-0.15, -0.1) is 0 Å². The lowest BCUT2D eigenvalue weighted by molar-refractivity contribution is 0.481. The Morgan fingerprint density at radius 2 is 2.36 bits per heavy atom. The molecule has 1 saturated heterocycles. The summed E-state index contributed by atoms with van der Waals surface area (Å²) in [6, 6.07) is 8.26. The molecular formula is C11H11ClN2. The van der Waals surface area contributed by atoms with Crippen LogP contribution in [0.1, 0.15) is 18.9 Å². The molecule has 1 atom stereocenters. The van der Waals surface area contributed by atoms with Crippen LogP contribution in [-0.4, -0.2) is 12.6 Å². The van der Waals surface area contributed by atoms with Gasteiger partial charge >= 0.3 is 0 Å². The standard InChI is InChI=1S/C11H11ClN2/c1-8-4-5-14(8)10-3-2-9(7-13)11(12)6-10/h2-3,6,8H,4-5H2,1H3. The molecule has 1 heterocycles. The van der Waals surface area contributed by atoms with E-state index in [0.29, 0.717) is 16.6 Å². The van der Waals surface area contributed by atoms with Crippen LogP contribution < -0.4 is 4.90 Å². The van der Waals surface area contributed by atoms with Gasteiger partial charge in [-0.2, -0.15) is 5.26 Å². The summed E-state index contributed by atoms with van der Waals surface area (Å²) in [5, 5.41) is 9.27. The molecule has 0 radical (unpaired) electrons. The quantitative estimate of drug-likeness (QED) is 0.707. The molecule has 72 valence electrons. The second kappa shape index (κ2) is 3.51. The van der Waals surface area contributed by atoms with E-state index in [1.165, 1.54) is 6.42 Å². The molecule has 0 bridgehead atoms. The highest BCUT2D eigenvalue weighted by Gasteiger charge is 2.23. The summed E-state index contributed by atoms with van der Waals surface area (Å²) in [5.74, 6) is 0. The maximum absolute atomic E-state index is 8.72. The molecule has 1 aliphatic heterocycles. The Morgan fingerprint density at radius 1 is 1.57 bits per heavy atom. The molecule has 1 fully saturated rings. The van der Waals surface area contributed by atoms with Crippen LogP contribution in [0.15, 0.2) is 18.2 Å². The summed E-state index contributed by atoms with van der Waals surface area (Å²) in [6.07, 6.45) is 1.23. The van der Waals surface area contributed by atoms with Gasteiger partial charge in [0.1, 0.15) is 6.07 Å². The van der Waals surface area contributed by atoms with Gasteiger partial charge in [-0.25, -0.2) is 0 Å². The maximum atomic E-state index is 8.72. The topological polar surface area (TPSA) is 27.0 Å². The molecule has 2 nitrogen and oxygen atoms in total. The van der Waals surface area contributed by atoms with Crippen molar-refractivity contribution in [2.75, 3.05) is 11.4 Å². The Labute approximate surface area is 88.7 Å². The van der Waals surface area contributed by atoms with Crippen LogP contribution in [0.2, 0.25) is 5.02 Å². The van der Waals surface area contributed by atoms with Crippen molar-refractivity contribution in [3.8, 4) is 6.07 Å². The molecule has 2 rings (SSSR count). The van der Waals surface area contributed by atoms with Gasteiger partial charge in [-0.3, -0.25) is 0 Å². The predicted molar refractivity (Wildman–Crippen MR) is 57.6 cm³/mol. The zero-order chi connectivity index (χ0) is 10.1. The van der Waals surface area contributed by atoms with E-state index in [1.54, 1.807) is 6.07 Å². The average molecular weight is 207 g/mol. The van der Waals surface area contributed by atoms with Gasteiger partial charge in [-0.05, 0) is 31.5 Å². The minimum Gasteiger partial charge on any atom is -0.369 e. The zero-order valence-corrected chi connectivity index (χ0v) is 8.75. The van der Waals surface area contributed by atoms with E-state index in [1.807, 2.05) is 12.1 Å². The number of nitrogens with zero attached hydrogens (tertiary/aromatic N) is 2. The molecule has 1 unspecified atom stereocenters. The second-order valence-corrected chi connectivity index (χ2v) is 4.01. The van der Waals surface area contributed by atoms with Crippen LogP contribution in [0.4, 0.5) is 5.69 Å². The van der Waals surface area contributed by atoms with E-state index >= 15 is 0 Å². The molecule has 14 heavy (non-hydrogen) atoms. The van der Waals surface area contributed by atoms with Crippen molar-refractivity contribution in [3.05, 3.63) is 28.8 Å². The summed E-state index contributed by atoms with van der Waals surface area (Å²) in [5.41, 5.74) is 1.66. The monoisotopic (exact) mass is 206 g/mol. The minimum absolute atomic E-state index is 0.545. The Bertz CT molecular complexity index is 395. The highest BCUT2D eigenvalue weighted by atomic mass is 35.5. The first kappa shape index (κ1) is 9.36. The SMILES string of the molecule is CC1CCN1c1ccc(C#N)c(Cl)c1. The Kier molecular flexibility index (Phi) is 2.35. The maximum Gasteiger partial charge on any atom is 0.101 e. The van der Waals surface area contributed by atoms with Gasteiger partial charge in [0.2, 0.25) is 0 Å². The summed E-state index contributed by atoms with van der Waals surface area (Å²) in [6.45, 7) is 3.28. The summed E-state index contributed by atoms with van der Waals surface area (Å²) < 4.78 is 0. The van der Waals surface area contributed by atoms with Crippen LogP contribution in [0.25, 0.3) is 0 Å². The van der Waals surface area contributed by atoms with Crippen LogP contribution >= 0.6 is 11.6 Å². The third-order valence-electron chi connectivity index (χ3n) is 2.72. The summed E-state index contributed by atoms with van der Waals surface area (Å²) >= 11 is 5.95. The lowest BCUT2D eigenvalue weighted by Gasteiger charge is -2.40. The van der Waals surface area contributed by atoms with E-state index in [9.17, 15) is 0 Å². The third-order valence-corrected chi connectivity index (χ3v) is 3.04. The first-order valence-corrected chi connectivity index (χ1v) is 5.06. The normalized spacial score (nSPS) is 20.1. The van der Waals surface area contributed by atoms with Crippen LogP contribution in [0.5, 0.6) is 0 Å². The fourth-order valence-electron chi connectivity index (χ4n) is 1.67. The number of halogens is 1. The van der Waals surface area contributed by atoms with Crippen LogP contribution in [-0.2, 0) is 0 Å². The molecule has 0 amide bonds. The number of rotatable bonds is 1. The molecule has 0 N–H and O–H groups in total. The first-order chi connectivity index (χ1) is 6.72. The Morgan fingerprint density at radius 3 is 2.79 bits per heavy atom. The van der Waals surface area contributed by atoms with E-state index < -0.39 is 0 Å². The molecule has 1 aliphatic rings. The third kappa shape index (κ3) is 1.44. The summed E-state index contributed by atoms with van der Waals surface area (Å²) in [7, 11) is 0. The number of hydrogen-bond donors (Lipinski definition) is 0. The van der Waals surface area contributed by atoms with Crippen LogP contribution in [0.3, 0.4) is 0 Å². The second-order valence-electron chi connectivity index (χ2n) is 3.61. The largest absolute Gasteiger partial charge is 0.369 e. The lowest BCUT2D eigenvalue weighted by atomic mass is 10.0. The van der Waals surface area contributed by atoms with Crippen molar-refractivity contribution >= 4 is 17.3 Å². The Balaban J connectivity index is 2.29. The molecular weight excluding hydrogens is 196 g/mol. The predicted octanol–water partition coefficient (Wildman–Crippen LogP) is 2.81. The van der Waals surface area contributed by atoms with Crippen molar-refractivity contribution in [3.63, 3.8) is 0 Å². The van der Waals surface area contributed by atoms with Gasteiger partial charge in [-0.1, -0.05) is 11.6 Å². The van der Waals surface area contributed by atoms with Crippen molar-refractivity contribution < 1.29 is 0 Å². The van der Waals surface area contributed by atoms with Gasteiger partial charge in [0.15, 0.2) is 0 Å². The van der Waals surface area contributed by atoms with Crippen molar-refractivity contribution in [2.24, 2.45) is 0 Å². The fraction of sp³-hybridized carbons (Fsp3) is 0.364. The van der Waals surface area contributed by atoms with Gasteiger partial charge in [0.05, 0.1) is 10.6 Å². The minimum atomic E-state index is 0.545. The molecule has 0 aromatic heterocycles. The van der Waals surface area contributed by atoms with E-state index in [0.717, 1.165) is 12.2 Å². The Hall–Kier alpha value is -1.20. The van der Waals surface area contributed by atoms with E-state index in [2.05, 4.69) is 17.9 Å². The van der Waals surface area contributed by atoms with Gasteiger partial charge < -0.3 is 4.90 Å². The van der Waals surface area contributed by atoms with Crippen molar-refractivity contribution in [1.82, 2.24) is 0 Å². The number of benzene rings is 1. The molecule has 0 aliphatic carbocycles. The highest BCUT2D eigenvalue weighted by molar-refractivity contribution is 6.32. The van der Waals surface area contributed by atoms with Gasteiger partial charge in [0, 0.05) is 18.3 Å². The molecule has 1 aromatic rings. The summed E-state index contributed by atoms with van der Waals surface area (Å²) in [4.78, 5) is 2.28. The fourth-order valence-corrected chi connectivity index (χ4v) is 1.89. The highest BCUT2D eigenvalue weighted by Crippen LogP contribution is 2.29. The molecule has 1 aromatic carbocycles. The molecule has 3 heteroatoms. The number of hydrogen-bond acceptors (Lipinski definition) is 2. The van der Waals surface area contributed by atoms with E-state index in [4.69, 9.17) is 16.9 Å². The number of anilines is 1. The van der Waals surface area contributed by atoms with Crippen LogP contribution in [0, 0.1) is 11.3 Å². The average Bonchev–Trinajstić information content (AvgIpc) is 2.16. The first-order valence-electron chi connectivity index (χ1n) is 4.68. The smallest absolute Gasteiger partial charge is 0.101 e. The molecule has 0 spiro atoms. The van der Waals surface area contributed by atoms with Crippen molar-refractivity contribution in [1.29, 1.82) is 5.26 Å². The molecule has 0 saturated carbocycles. The van der Waals surface area contributed by atoms with Gasteiger partial charge in [0.25, 0.3) is 0 Å². The van der Waals surface area contributed by atoms with E-state index in [-0.39, 0.29) is 0 Å². The number of nitriles is 1. The zero-order valence-electron chi connectivity index (χ0n) is 8.00.